The molecule has 1 N–H and O–H groups in total. The molecule has 0 bridgehead atoms. The summed E-state index contributed by atoms with van der Waals surface area (Å²) in [6.07, 6.45) is 8.02. The Morgan fingerprint density at radius 2 is 1.90 bits per heavy atom. The minimum Gasteiger partial charge on any atom is -0.314 e. The molecule has 20 heavy (non-hydrogen) atoms. The first-order chi connectivity index (χ1) is 9.85. The van der Waals surface area contributed by atoms with Gasteiger partial charge in [-0.05, 0) is 12.0 Å². The van der Waals surface area contributed by atoms with Gasteiger partial charge in [-0.2, -0.15) is 0 Å². The molecule has 3 heteroatoms. The number of nitrogens with one attached hydrogen (secondary N) is 1. The molecule has 1 aromatic rings. The zero-order valence-corrected chi connectivity index (χ0v) is 11.6. The fourth-order valence-electron chi connectivity index (χ4n) is 3.15. The lowest BCUT2D eigenvalue weighted by atomic mass is 9.80. The summed E-state index contributed by atoms with van der Waals surface area (Å²) in [5, 5.41) is 3.41. The maximum Gasteiger partial charge on any atom is 0.149 e. The number of rotatable bonds is 3. The van der Waals surface area contributed by atoms with E-state index in [1.54, 1.807) is 0 Å². The number of hydrogen-bond donors (Lipinski definition) is 1. The summed E-state index contributed by atoms with van der Waals surface area (Å²) in [7, 11) is 0. The number of hydrogen-bond acceptors (Lipinski definition) is 3. The van der Waals surface area contributed by atoms with E-state index < -0.39 is 0 Å². The topological polar surface area (TPSA) is 32.3 Å². The van der Waals surface area contributed by atoms with Crippen LogP contribution in [0.3, 0.4) is 0 Å². The number of carbonyl (C=O) groups is 1. The number of piperazine rings is 1. The van der Waals surface area contributed by atoms with Crippen LogP contribution in [-0.2, 0) is 10.3 Å². The summed E-state index contributed by atoms with van der Waals surface area (Å²) in [5.41, 5.74) is 1.99. The van der Waals surface area contributed by atoms with Crippen molar-refractivity contribution in [1.29, 1.82) is 0 Å². The Balaban J connectivity index is 1.98. The third-order valence-corrected chi connectivity index (χ3v) is 4.29. The Kier molecular flexibility index (Phi) is 3.81. The summed E-state index contributed by atoms with van der Waals surface area (Å²) in [5.74, 6) is 0. The highest BCUT2D eigenvalue weighted by Crippen LogP contribution is 2.37. The molecule has 1 aliphatic carbocycles. The van der Waals surface area contributed by atoms with Crippen molar-refractivity contribution in [2.24, 2.45) is 0 Å². The van der Waals surface area contributed by atoms with Crippen LogP contribution in [0.1, 0.15) is 12.0 Å². The van der Waals surface area contributed by atoms with Gasteiger partial charge in [0.2, 0.25) is 0 Å². The molecule has 0 amide bonds. The van der Waals surface area contributed by atoms with Gasteiger partial charge >= 0.3 is 0 Å². The second-order valence-corrected chi connectivity index (χ2v) is 5.39. The lowest BCUT2D eigenvalue weighted by molar-refractivity contribution is -0.104. The van der Waals surface area contributed by atoms with Gasteiger partial charge < -0.3 is 5.32 Å². The number of nitrogens with zero attached hydrogens (tertiary/aromatic N) is 1. The highest BCUT2D eigenvalue weighted by atomic mass is 16.1. The first-order valence-corrected chi connectivity index (χ1v) is 7.21. The highest BCUT2D eigenvalue weighted by Gasteiger charge is 2.37. The first kappa shape index (κ1) is 13.3. The molecule has 1 heterocycles. The normalized spacial score (nSPS) is 27.1. The molecule has 0 radical (unpaired) electrons. The zero-order chi connectivity index (χ0) is 13.8. The van der Waals surface area contributed by atoms with Crippen LogP contribution in [0, 0.1) is 0 Å². The van der Waals surface area contributed by atoms with E-state index in [-0.39, 0.29) is 5.54 Å². The van der Waals surface area contributed by atoms with Crippen LogP contribution in [-0.4, -0.2) is 37.4 Å². The molecule has 0 saturated carbocycles. The van der Waals surface area contributed by atoms with Crippen molar-refractivity contribution in [1.82, 2.24) is 10.2 Å². The van der Waals surface area contributed by atoms with Crippen LogP contribution in [0.5, 0.6) is 0 Å². The summed E-state index contributed by atoms with van der Waals surface area (Å²) >= 11 is 0. The smallest absolute Gasteiger partial charge is 0.149 e. The van der Waals surface area contributed by atoms with Crippen molar-refractivity contribution >= 4 is 6.29 Å². The van der Waals surface area contributed by atoms with Gasteiger partial charge in [0.15, 0.2) is 0 Å². The summed E-state index contributed by atoms with van der Waals surface area (Å²) in [6.45, 7) is 4.10. The Morgan fingerprint density at radius 3 is 2.50 bits per heavy atom. The van der Waals surface area contributed by atoms with Crippen molar-refractivity contribution in [2.75, 3.05) is 26.2 Å². The Bertz CT molecular complexity index is 529. The minimum absolute atomic E-state index is 0.101. The Morgan fingerprint density at radius 1 is 1.15 bits per heavy atom. The molecule has 0 spiro atoms. The maximum atomic E-state index is 10.9. The zero-order valence-electron chi connectivity index (χ0n) is 11.6. The fourth-order valence-corrected chi connectivity index (χ4v) is 3.15. The molecular weight excluding hydrogens is 248 g/mol. The number of benzene rings is 1. The molecule has 3 rings (SSSR count). The van der Waals surface area contributed by atoms with Gasteiger partial charge in [-0.3, -0.25) is 9.69 Å². The van der Waals surface area contributed by atoms with E-state index in [1.165, 1.54) is 5.56 Å². The SMILES string of the molecule is O=CC1=CCC(c2ccccc2)(N2CCNCC2)C=C1. The molecule has 1 saturated heterocycles. The average molecular weight is 268 g/mol. The maximum absolute atomic E-state index is 10.9. The summed E-state index contributed by atoms with van der Waals surface area (Å²) in [4.78, 5) is 13.5. The quantitative estimate of drug-likeness (QED) is 0.849. The van der Waals surface area contributed by atoms with E-state index in [1.807, 2.05) is 12.1 Å². The molecule has 1 aromatic carbocycles. The second-order valence-electron chi connectivity index (χ2n) is 5.39. The van der Waals surface area contributed by atoms with Gasteiger partial charge in [0.05, 0.1) is 5.54 Å². The van der Waals surface area contributed by atoms with E-state index in [2.05, 4.69) is 46.6 Å². The third-order valence-electron chi connectivity index (χ3n) is 4.29. The van der Waals surface area contributed by atoms with Gasteiger partial charge in [0.1, 0.15) is 6.29 Å². The molecule has 1 atom stereocenters. The lowest BCUT2D eigenvalue weighted by Crippen LogP contribution is -2.53. The van der Waals surface area contributed by atoms with Crippen LogP contribution in [0.2, 0.25) is 0 Å². The largest absolute Gasteiger partial charge is 0.314 e. The molecule has 104 valence electrons. The van der Waals surface area contributed by atoms with Crippen LogP contribution in [0.4, 0.5) is 0 Å². The molecular formula is C17H20N2O. The van der Waals surface area contributed by atoms with Crippen LogP contribution in [0.25, 0.3) is 0 Å². The first-order valence-electron chi connectivity index (χ1n) is 7.21. The summed E-state index contributed by atoms with van der Waals surface area (Å²) < 4.78 is 0. The molecule has 2 aliphatic rings. The predicted octanol–water partition coefficient (Wildman–Crippen LogP) is 1.87. The molecule has 3 nitrogen and oxygen atoms in total. The monoisotopic (exact) mass is 268 g/mol. The average Bonchev–Trinajstić information content (AvgIpc) is 2.56. The van der Waals surface area contributed by atoms with E-state index in [9.17, 15) is 4.79 Å². The number of aldehydes is 1. The molecule has 1 fully saturated rings. The van der Waals surface area contributed by atoms with Crippen molar-refractivity contribution in [3.05, 3.63) is 59.7 Å². The number of carbonyl (C=O) groups excluding carboxylic acids is 1. The Hall–Kier alpha value is -1.71. The van der Waals surface area contributed by atoms with Crippen molar-refractivity contribution < 1.29 is 4.79 Å². The van der Waals surface area contributed by atoms with Crippen molar-refractivity contribution in [3.63, 3.8) is 0 Å². The van der Waals surface area contributed by atoms with E-state index in [0.29, 0.717) is 0 Å². The fraction of sp³-hybridized carbons (Fsp3) is 0.353. The van der Waals surface area contributed by atoms with Crippen LogP contribution < -0.4 is 5.32 Å². The van der Waals surface area contributed by atoms with Gasteiger partial charge in [0.25, 0.3) is 0 Å². The molecule has 0 aromatic heterocycles. The summed E-state index contributed by atoms with van der Waals surface area (Å²) in [6, 6.07) is 10.6. The van der Waals surface area contributed by atoms with Crippen molar-refractivity contribution in [2.45, 2.75) is 12.0 Å². The van der Waals surface area contributed by atoms with Gasteiger partial charge in [-0.15, -0.1) is 0 Å². The van der Waals surface area contributed by atoms with Crippen molar-refractivity contribution in [3.8, 4) is 0 Å². The predicted molar refractivity (Wildman–Crippen MR) is 80.5 cm³/mol. The van der Waals surface area contributed by atoms with E-state index in [0.717, 1.165) is 44.5 Å². The van der Waals surface area contributed by atoms with Crippen LogP contribution in [0.15, 0.2) is 54.1 Å². The standard InChI is InChI=1S/C17H20N2O/c20-14-15-6-8-17(9-7-15,16-4-2-1-3-5-16)19-12-10-18-11-13-19/h1-8,14,18H,9-13H2. The van der Waals surface area contributed by atoms with Gasteiger partial charge in [-0.1, -0.05) is 48.6 Å². The van der Waals surface area contributed by atoms with E-state index >= 15 is 0 Å². The molecule has 1 unspecified atom stereocenters. The minimum atomic E-state index is -0.101. The lowest BCUT2D eigenvalue weighted by Gasteiger charge is -2.45. The third kappa shape index (κ3) is 2.35. The van der Waals surface area contributed by atoms with Gasteiger partial charge in [-0.25, -0.2) is 0 Å². The van der Waals surface area contributed by atoms with Gasteiger partial charge in [0, 0.05) is 31.8 Å². The number of allylic oxidation sites excluding steroid dienone is 2. The Labute approximate surface area is 120 Å². The van der Waals surface area contributed by atoms with E-state index in [4.69, 9.17) is 0 Å². The van der Waals surface area contributed by atoms with Crippen LogP contribution >= 0.6 is 0 Å². The second kappa shape index (κ2) is 5.73. The molecule has 1 aliphatic heterocycles. The highest BCUT2D eigenvalue weighted by molar-refractivity contribution is 5.78.